The lowest BCUT2D eigenvalue weighted by molar-refractivity contribution is -0.147. The van der Waals surface area contributed by atoms with E-state index in [4.69, 9.17) is 9.63 Å². The van der Waals surface area contributed by atoms with Crippen molar-refractivity contribution in [1.29, 1.82) is 0 Å². The van der Waals surface area contributed by atoms with Gasteiger partial charge in [0.2, 0.25) is 5.82 Å². The average molecular weight is 514 g/mol. The van der Waals surface area contributed by atoms with Crippen LogP contribution in [0.2, 0.25) is 0 Å². The van der Waals surface area contributed by atoms with Gasteiger partial charge in [-0.3, -0.25) is 9.69 Å². The maximum atomic E-state index is 14.0. The number of carboxylic acids is 1. The normalized spacial score (nSPS) is 17.6. The fourth-order valence-corrected chi connectivity index (χ4v) is 5.51. The molecule has 1 aromatic heterocycles. The molecule has 2 heterocycles. The number of carbonyl (C=O) groups is 1. The summed E-state index contributed by atoms with van der Waals surface area (Å²) in [4.78, 5) is 17.6. The van der Waals surface area contributed by atoms with Crippen LogP contribution < -0.4 is 0 Å². The SMILES string of the molecule is CCc1cc(-c2noc(-c3ccc(C4CCCCC4)c(C(F)(F)F)c3)n2)ccc1CN1CC(C(=O)O)C1. The van der Waals surface area contributed by atoms with Gasteiger partial charge in [-0.25, -0.2) is 0 Å². The van der Waals surface area contributed by atoms with Crippen molar-refractivity contribution in [3.63, 3.8) is 0 Å². The molecule has 0 spiro atoms. The molecule has 1 aliphatic carbocycles. The second kappa shape index (κ2) is 10.3. The number of alkyl halides is 3. The molecule has 1 saturated carbocycles. The summed E-state index contributed by atoms with van der Waals surface area (Å²) in [5.74, 6) is -0.776. The highest BCUT2D eigenvalue weighted by Gasteiger charge is 2.36. The second-order valence-electron chi connectivity index (χ2n) is 10.1. The largest absolute Gasteiger partial charge is 0.481 e. The molecule has 2 fully saturated rings. The number of carboxylic acid groups (broad SMARTS) is 1. The summed E-state index contributed by atoms with van der Waals surface area (Å²) in [7, 11) is 0. The Balaban J connectivity index is 1.37. The molecule has 0 bridgehead atoms. The number of likely N-dealkylation sites (tertiary alicyclic amines) is 1. The minimum atomic E-state index is -4.46. The fourth-order valence-electron chi connectivity index (χ4n) is 5.51. The zero-order valence-corrected chi connectivity index (χ0v) is 20.7. The monoisotopic (exact) mass is 513 g/mol. The van der Waals surface area contributed by atoms with Gasteiger partial charge in [-0.05, 0) is 60.1 Å². The van der Waals surface area contributed by atoms with Crippen LogP contribution in [-0.4, -0.2) is 39.2 Å². The topological polar surface area (TPSA) is 79.5 Å². The first kappa shape index (κ1) is 25.4. The lowest BCUT2D eigenvalue weighted by Crippen LogP contribution is -2.49. The Kier molecular flexibility index (Phi) is 7.07. The van der Waals surface area contributed by atoms with Crippen LogP contribution in [-0.2, 0) is 23.9 Å². The molecule has 3 aromatic rings. The number of nitrogens with zero attached hydrogens (tertiary/aromatic N) is 3. The Hall–Kier alpha value is -3.20. The molecule has 0 atom stereocenters. The molecular weight excluding hydrogens is 483 g/mol. The van der Waals surface area contributed by atoms with Gasteiger partial charge in [0.15, 0.2) is 0 Å². The Labute approximate surface area is 213 Å². The lowest BCUT2D eigenvalue weighted by atomic mass is 9.81. The fraction of sp³-hybridized carbons (Fsp3) is 0.464. The first-order chi connectivity index (χ1) is 17.7. The Morgan fingerprint density at radius 3 is 2.46 bits per heavy atom. The van der Waals surface area contributed by atoms with Gasteiger partial charge in [-0.1, -0.05) is 49.5 Å². The lowest BCUT2D eigenvalue weighted by Gasteiger charge is -2.37. The first-order valence-electron chi connectivity index (χ1n) is 12.9. The van der Waals surface area contributed by atoms with E-state index < -0.39 is 17.7 Å². The van der Waals surface area contributed by atoms with Crippen molar-refractivity contribution in [3.8, 4) is 22.8 Å². The van der Waals surface area contributed by atoms with E-state index in [1.54, 1.807) is 12.1 Å². The maximum Gasteiger partial charge on any atom is 0.416 e. The summed E-state index contributed by atoms with van der Waals surface area (Å²) in [6.45, 7) is 3.77. The predicted octanol–water partition coefficient (Wildman–Crippen LogP) is 6.55. The zero-order chi connectivity index (χ0) is 26.2. The summed E-state index contributed by atoms with van der Waals surface area (Å²) in [6, 6.07) is 10.2. The molecule has 2 aliphatic rings. The Morgan fingerprint density at radius 2 is 1.78 bits per heavy atom. The second-order valence-corrected chi connectivity index (χ2v) is 10.1. The van der Waals surface area contributed by atoms with Gasteiger partial charge in [0.05, 0.1) is 11.5 Å². The summed E-state index contributed by atoms with van der Waals surface area (Å²) < 4.78 is 47.3. The van der Waals surface area contributed by atoms with Gasteiger partial charge < -0.3 is 9.63 Å². The number of hydrogen-bond donors (Lipinski definition) is 1. The Bertz CT molecular complexity index is 1280. The van der Waals surface area contributed by atoms with Crippen molar-refractivity contribution in [3.05, 3.63) is 58.7 Å². The number of hydrogen-bond acceptors (Lipinski definition) is 5. The smallest absolute Gasteiger partial charge is 0.416 e. The standard InChI is InChI=1S/C28H30F3N3O3/c1-2-17-12-19(8-9-21(17)14-34-15-22(16-34)27(35)36)25-32-26(37-33-25)20-10-11-23(18-6-4-3-5-7-18)24(13-20)28(29,30)31/h8-13,18,22H,2-7,14-16H2,1H3,(H,35,36). The van der Waals surface area contributed by atoms with Crippen molar-refractivity contribution >= 4 is 5.97 Å². The van der Waals surface area contributed by atoms with E-state index in [1.807, 2.05) is 25.1 Å². The van der Waals surface area contributed by atoms with E-state index in [0.717, 1.165) is 61.3 Å². The summed E-state index contributed by atoms with van der Waals surface area (Å²) >= 11 is 0. The molecule has 5 rings (SSSR count). The molecule has 6 nitrogen and oxygen atoms in total. The third-order valence-corrected chi connectivity index (χ3v) is 7.62. The number of benzene rings is 2. The van der Waals surface area contributed by atoms with Crippen LogP contribution in [0.15, 0.2) is 40.9 Å². The number of aryl methyl sites for hydroxylation is 1. The van der Waals surface area contributed by atoms with E-state index in [2.05, 4.69) is 15.0 Å². The van der Waals surface area contributed by atoms with Crippen molar-refractivity contribution in [2.45, 2.75) is 64.1 Å². The molecule has 1 N–H and O–H groups in total. The molecule has 1 aliphatic heterocycles. The highest BCUT2D eigenvalue weighted by atomic mass is 19.4. The van der Waals surface area contributed by atoms with Gasteiger partial charge in [0.25, 0.3) is 5.89 Å². The van der Waals surface area contributed by atoms with E-state index in [1.165, 1.54) is 0 Å². The van der Waals surface area contributed by atoms with Crippen LogP contribution in [0.5, 0.6) is 0 Å². The highest BCUT2D eigenvalue weighted by molar-refractivity contribution is 5.71. The van der Waals surface area contributed by atoms with Crippen LogP contribution in [0.3, 0.4) is 0 Å². The number of rotatable bonds is 7. The van der Waals surface area contributed by atoms with Gasteiger partial charge in [0, 0.05) is 30.8 Å². The van der Waals surface area contributed by atoms with Crippen molar-refractivity contribution in [1.82, 2.24) is 15.0 Å². The minimum absolute atomic E-state index is 0.0538. The summed E-state index contributed by atoms with van der Waals surface area (Å²) in [6.07, 6.45) is 0.846. The van der Waals surface area contributed by atoms with E-state index in [0.29, 0.717) is 31.0 Å². The van der Waals surface area contributed by atoms with Crippen LogP contribution in [0.4, 0.5) is 13.2 Å². The van der Waals surface area contributed by atoms with Gasteiger partial charge in [-0.2, -0.15) is 18.2 Å². The zero-order valence-electron chi connectivity index (χ0n) is 20.7. The van der Waals surface area contributed by atoms with E-state index in [-0.39, 0.29) is 23.3 Å². The minimum Gasteiger partial charge on any atom is -0.481 e. The molecule has 2 aromatic carbocycles. The van der Waals surface area contributed by atoms with Crippen LogP contribution in [0.1, 0.15) is 67.2 Å². The quantitative estimate of drug-likeness (QED) is 0.386. The number of aromatic nitrogens is 2. The van der Waals surface area contributed by atoms with Crippen molar-refractivity contribution in [2.24, 2.45) is 5.92 Å². The van der Waals surface area contributed by atoms with Gasteiger partial charge in [0.1, 0.15) is 0 Å². The van der Waals surface area contributed by atoms with Crippen LogP contribution >= 0.6 is 0 Å². The average Bonchev–Trinajstić information content (AvgIpc) is 3.36. The Morgan fingerprint density at radius 1 is 1.05 bits per heavy atom. The van der Waals surface area contributed by atoms with Crippen molar-refractivity contribution < 1.29 is 27.6 Å². The van der Waals surface area contributed by atoms with Crippen LogP contribution in [0, 0.1) is 5.92 Å². The molecule has 0 amide bonds. The first-order valence-corrected chi connectivity index (χ1v) is 12.9. The predicted molar refractivity (Wildman–Crippen MR) is 132 cm³/mol. The summed E-state index contributed by atoms with van der Waals surface area (Å²) in [5, 5.41) is 13.1. The molecule has 196 valence electrons. The van der Waals surface area contributed by atoms with Crippen molar-refractivity contribution in [2.75, 3.05) is 13.1 Å². The molecular formula is C28H30F3N3O3. The van der Waals surface area contributed by atoms with Crippen LogP contribution in [0.25, 0.3) is 22.8 Å². The highest BCUT2D eigenvalue weighted by Crippen LogP contribution is 2.42. The molecule has 9 heteroatoms. The van der Waals surface area contributed by atoms with Gasteiger partial charge in [-0.15, -0.1) is 0 Å². The number of halogens is 3. The molecule has 1 saturated heterocycles. The number of aliphatic carboxylic acids is 1. The van der Waals surface area contributed by atoms with E-state index >= 15 is 0 Å². The molecule has 37 heavy (non-hydrogen) atoms. The summed E-state index contributed by atoms with van der Waals surface area (Å²) in [5.41, 5.74) is 2.90. The third kappa shape index (κ3) is 5.42. The molecule has 0 radical (unpaired) electrons. The van der Waals surface area contributed by atoms with E-state index in [9.17, 15) is 18.0 Å². The maximum absolute atomic E-state index is 14.0. The third-order valence-electron chi connectivity index (χ3n) is 7.62. The molecule has 0 unspecified atom stereocenters. The van der Waals surface area contributed by atoms with Gasteiger partial charge >= 0.3 is 12.1 Å².